The smallest absolute Gasteiger partial charge is 0.305 e. The van der Waals surface area contributed by atoms with Crippen LogP contribution in [0.1, 0.15) is 12.2 Å². The van der Waals surface area contributed by atoms with Gasteiger partial charge in [0.15, 0.2) is 0 Å². The number of aromatic nitrogens is 2. The number of para-hydroxylation sites is 2. The molecule has 0 amide bonds. The zero-order chi connectivity index (χ0) is 13.1. The van der Waals surface area contributed by atoms with Gasteiger partial charge in [0.1, 0.15) is 5.82 Å². The molecule has 18 heavy (non-hydrogen) atoms. The second-order valence-electron chi connectivity index (χ2n) is 4.55. The molecule has 0 radical (unpaired) electrons. The van der Waals surface area contributed by atoms with Gasteiger partial charge in [-0.05, 0) is 26.2 Å². The molecule has 0 aliphatic rings. The molecule has 0 fully saturated rings. The fourth-order valence-corrected chi connectivity index (χ4v) is 1.99. The maximum absolute atomic E-state index is 10.7. The number of imidazole rings is 1. The molecule has 0 spiro atoms. The lowest BCUT2D eigenvalue weighted by atomic mass is 10.3. The Balaban J connectivity index is 2.40. The molecule has 0 atom stereocenters. The van der Waals surface area contributed by atoms with E-state index in [9.17, 15) is 4.79 Å². The van der Waals surface area contributed by atoms with Gasteiger partial charge in [-0.25, -0.2) is 4.98 Å². The third kappa shape index (κ3) is 2.68. The van der Waals surface area contributed by atoms with E-state index in [0.717, 1.165) is 16.9 Å². The van der Waals surface area contributed by atoms with Gasteiger partial charge in [0, 0.05) is 6.54 Å². The lowest BCUT2D eigenvalue weighted by Gasteiger charge is -2.11. The van der Waals surface area contributed by atoms with Crippen molar-refractivity contribution < 1.29 is 9.90 Å². The molecule has 1 aromatic heterocycles. The molecule has 0 saturated heterocycles. The van der Waals surface area contributed by atoms with Crippen molar-refractivity contribution in [2.45, 2.75) is 19.5 Å². The van der Waals surface area contributed by atoms with Crippen LogP contribution in [0.3, 0.4) is 0 Å². The Morgan fingerprint density at radius 3 is 2.78 bits per heavy atom. The molecular formula is C13H17N3O2. The lowest BCUT2D eigenvalue weighted by molar-refractivity contribution is -0.137. The summed E-state index contributed by atoms with van der Waals surface area (Å²) in [4.78, 5) is 17.3. The van der Waals surface area contributed by atoms with E-state index in [4.69, 9.17) is 5.11 Å². The van der Waals surface area contributed by atoms with Crippen molar-refractivity contribution in [3.63, 3.8) is 0 Å². The minimum absolute atomic E-state index is 0.112. The van der Waals surface area contributed by atoms with Crippen LogP contribution in [-0.2, 0) is 17.9 Å². The molecule has 5 nitrogen and oxygen atoms in total. The zero-order valence-electron chi connectivity index (χ0n) is 10.6. The fraction of sp³-hybridized carbons (Fsp3) is 0.385. The number of hydrogen-bond acceptors (Lipinski definition) is 3. The van der Waals surface area contributed by atoms with E-state index in [0.29, 0.717) is 13.1 Å². The van der Waals surface area contributed by atoms with Crippen LogP contribution >= 0.6 is 0 Å². The molecule has 0 bridgehead atoms. The highest BCUT2D eigenvalue weighted by Crippen LogP contribution is 2.17. The lowest BCUT2D eigenvalue weighted by Crippen LogP contribution is -2.16. The van der Waals surface area contributed by atoms with Gasteiger partial charge in [-0.15, -0.1) is 0 Å². The van der Waals surface area contributed by atoms with E-state index in [2.05, 4.69) is 4.98 Å². The van der Waals surface area contributed by atoms with E-state index in [-0.39, 0.29) is 6.42 Å². The highest BCUT2D eigenvalue weighted by molar-refractivity contribution is 5.76. The summed E-state index contributed by atoms with van der Waals surface area (Å²) in [6.07, 6.45) is 0.112. The Hall–Kier alpha value is -1.88. The first-order valence-corrected chi connectivity index (χ1v) is 5.88. The normalized spacial score (nSPS) is 11.3. The second-order valence-corrected chi connectivity index (χ2v) is 4.55. The Morgan fingerprint density at radius 2 is 2.11 bits per heavy atom. The maximum Gasteiger partial charge on any atom is 0.305 e. The van der Waals surface area contributed by atoms with E-state index >= 15 is 0 Å². The molecule has 5 heteroatoms. The average molecular weight is 247 g/mol. The Labute approximate surface area is 106 Å². The largest absolute Gasteiger partial charge is 0.481 e. The van der Waals surface area contributed by atoms with Crippen molar-refractivity contribution >= 4 is 17.0 Å². The zero-order valence-corrected chi connectivity index (χ0v) is 10.6. The first-order chi connectivity index (χ1) is 8.58. The highest BCUT2D eigenvalue weighted by Gasteiger charge is 2.11. The number of fused-ring (bicyclic) bond motifs is 1. The van der Waals surface area contributed by atoms with Crippen LogP contribution in [-0.4, -0.2) is 39.6 Å². The van der Waals surface area contributed by atoms with Crippen LogP contribution in [0, 0.1) is 0 Å². The monoisotopic (exact) mass is 247 g/mol. The summed E-state index contributed by atoms with van der Waals surface area (Å²) >= 11 is 0. The maximum atomic E-state index is 10.7. The Morgan fingerprint density at radius 1 is 1.39 bits per heavy atom. The molecule has 1 aromatic carbocycles. The highest BCUT2D eigenvalue weighted by atomic mass is 16.4. The van der Waals surface area contributed by atoms with Gasteiger partial charge < -0.3 is 14.6 Å². The van der Waals surface area contributed by atoms with Gasteiger partial charge in [-0.3, -0.25) is 4.79 Å². The number of carbonyl (C=O) groups is 1. The molecular weight excluding hydrogens is 230 g/mol. The van der Waals surface area contributed by atoms with Crippen molar-refractivity contribution in [2.24, 2.45) is 0 Å². The molecule has 0 aliphatic heterocycles. The number of nitrogens with zero attached hydrogens (tertiary/aromatic N) is 3. The van der Waals surface area contributed by atoms with Gasteiger partial charge in [-0.2, -0.15) is 0 Å². The van der Waals surface area contributed by atoms with Gasteiger partial charge in [-0.1, -0.05) is 12.1 Å². The third-order valence-electron chi connectivity index (χ3n) is 2.74. The summed E-state index contributed by atoms with van der Waals surface area (Å²) in [7, 11) is 3.95. The summed E-state index contributed by atoms with van der Waals surface area (Å²) in [6.45, 7) is 1.16. The number of hydrogen-bond donors (Lipinski definition) is 1. The Bertz CT molecular complexity index is 560. The summed E-state index contributed by atoms with van der Waals surface area (Å²) in [6, 6.07) is 7.81. The second kappa shape index (κ2) is 5.18. The molecule has 1 heterocycles. The number of benzene rings is 1. The minimum Gasteiger partial charge on any atom is -0.481 e. The third-order valence-corrected chi connectivity index (χ3v) is 2.74. The summed E-state index contributed by atoms with van der Waals surface area (Å²) < 4.78 is 1.99. The summed E-state index contributed by atoms with van der Waals surface area (Å²) in [5, 5.41) is 8.81. The van der Waals surface area contributed by atoms with Crippen LogP contribution in [0.4, 0.5) is 0 Å². The number of rotatable bonds is 5. The van der Waals surface area contributed by atoms with Crippen LogP contribution in [0.25, 0.3) is 11.0 Å². The molecule has 0 saturated carbocycles. The van der Waals surface area contributed by atoms with Crippen LogP contribution < -0.4 is 0 Å². The van der Waals surface area contributed by atoms with Crippen LogP contribution in [0.15, 0.2) is 24.3 Å². The van der Waals surface area contributed by atoms with Crippen molar-refractivity contribution in [3.8, 4) is 0 Å². The van der Waals surface area contributed by atoms with E-state index in [1.807, 2.05) is 47.8 Å². The molecule has 1 N–H and O–H groups in total. The number of carboxylic acid groups (broad SMARTS) is 1. The first kappa shape index (κ1) is 12.6. The van der Waals surface area contributed by atoms with Crippen molar-refractivity contribution in [2.75, 3.05) is 14.1 Å². The predicted octanol–water partition coefficient (Wildman–Crippen LogP) is 1.57. The predicted molar refractivity (Wildman–Crippen MR) is 69.4 cm³/mol. The molecule has 0 unspecified atom stereocenters. The number of aryl methyl sites for hydroxylation is 1. The quantitative estimate of drug-likeness (QED) is 0.871. The minimum atomic E-state index is -0.788. The standard InChI is InChI=1S/C13H17N3O2/c1-15(2)9-12-14-10-5-3-4-6-11(10)16(12)8-7-13(17)18/h3-6H,7-9H2,1-2H3,(H,17,18). The van der Waals surface area contributed by atoms with Crippen molar-refractivity contribution in [1.82, 2.24) is 14.5 Å². The SMILES string of the molecule is CN(C)Cc1nc2ccccc2n1CCC(=O)O. The summed E-state index contributed by atoms with van der Waals surface area (Å²) in [5.74, 6) is 0.117. The Kier molecular flexibility index (Phi) is 3.62. The van der Waals surface area contributed by atoms with Crippen molar-refractivity contribution in [1.29, 1.82) is 0 Å². The molecule has 96 valence electrons. The average Bonchev–Trinajstić information content (AvgIpc) is 2.62. The van der Waals surface area contributed by atoms with Crippen LogP contribution in [0.2, 0.25) is 0 Å². The number of aliphatic carboxylic acids is 1. The van der Waals surface area contributed by atoms with Gasteiger partial charge in [0.05, 0.1) is 24.0 Å². The topological polar surface area (TPSA) is 58.4 Å². The van der Waals surface area contributed by atoms with Crippen LogP contribution in [0.5, 0.6) is 0 Å². The first-order valence-electron chi connectivity index (χ1n) is 5.88. The van der Waals surface area contributed by atoms with E-state index in [1.54, 1.807) is 0 Å². The van der Waals surface area contributed by atoms with E-state index < -0.39 is 5.97 Å². The number of carboxylic acids is 1. The molecule has 2 rings (SSSR count). The van der Waals surface area contributed by atoms with Crippen molar-refractivity contribution in [3.05, 3.63) is 30.1 Å². The fourth-order valence-electron chi connectivity index (χ4n) is 1.99. The summed E-state index contributed by atoms with van der Waals surface area (Å²) in [5.41, 5.74) is 1.91. The molecule has 2 aromatic rings. The van der Waals surface area contributed by atoms with E-state index in [1.165, 1.54) is 0 Å². The molecule has 0 aliphatic carbocycles. The van der Waals surface area contributed by atoms with Gasteiger partial charge in [0.2, 0.25) is 0 Å². The van der Waals surface area contributed by atoms with Gasteiger partial charge >= 0.3 is 5.97 Å². The van der Waals surface area contributed by atoms with Gasteiger partial charge in [0.25, 0.3) is 0 Å².